The van der Waals surface area contributed by atoms with Gasteiger partial charge in [-0.05, 0) is 25.0 Å². The van der Waals surface area contributed by atoms with E-state index >= 15 is 0 Å². The number of β-amino-alcohol motifs (C(OH)–C–C–N with tert-alkyl or cyclic N) is 1. The normalized spacial score (nSPS) is 20.2. The van der Waals surface area contributed by atoms with Crippen LogP contribution in [0.2, 0.25) is 5.02 Å². The predicted octanol–water partition coefficient (Wildman–Crippen LogP) is 1.86. The topological polar surface area (TPSA) is 40.5 Å². The SMILES string of the molecule is Cc1cccc(C(=O)N2CC[C@H](O)C2)c1Cl. The molecule has 0 radical (unpaired) electrons. The first-order valence-corrected chi connectivity index (χ1v) is 5.70. The van der Waals surface area contributed by atoms with Crippen molar-refractivity contribution >= 4 is 17.5 Å². The number of likely N-dealkylation sites (tertiary alicyclic amines) is 1. The van der Waals surface area contributed by atoms with Gasteiger partial charge in [-0.2, -0.15) is 0 Å². The number of aryl methyl sites for hydroxylation is 1. The number of nitrogens with zero attached hydrogens (tertiary/aromatic N) is 1. The first kappa shape index (κ1) is 11.4. The van der Waals surface area contributed by atoms with Crippen LogP contribution in [0.4, 0.5) is 0 Å². The lowest BCUT2D eigenvalue weighted by Gasteiger charge is -2.16. The van der Waals surface area contributed by atoms with Gasteiger partial charge in [0.25, 0.3) is 5.91 Å². The molecule has 0 saturated carbocycles. The molecule has 1 aliphatic heterocycles. The summed E-state index contributed by atoms with van der Waals surface area (Å²) >= 11 is 6.09. The maximum atomic E-state index is 12.1. The van der Waals surface area contributed by atoms with Crippen LogP contribution in [0.5, 0.6) is 0 Å². The fourth-order valence-electron chi connectivity index (χ4n) is 1.91. The molecule has 2 rings (SSSR count). The Morgan fingerprint density at radius 3 is 2.94 bits per heavy atom. The number of rotatable bonds is 1. The molecule has 4 heteroatoms. The Bertz CT molecular complexity index is 419. The van der Waals surface area contributed by atoms with Crippen molar-refractivity contribution in [2.75, 3.05) is 13.1 Å². The van der Waals surface area contributed by atoms with Gasteiger partial charge in [-0.1, -0.05) is 23.7 Å². The average Bonchev–Trinajstić information content (AvgIpc) is 2.68. The van der Waals surface area contributed by atoms with E-state index in [4.69, 9.17) is 11.6 Å². The minimum Gasteiger partial charge on any atom is -0.391 e. The number of carbonyl (C=O) groups is 1. The second-order valence-electron chi connectivity index (χ2n) is 4.13. The average molecular weight is 240 g/mol. The zero-order valence-electron chi connectivity index (χ0n) is 9.11. The van der Waals surface area contributed by atoms with Crippen molar-refractivity contribution in [2.45, 2.75) is 19.4 Å². The molecule has 1 aromatic rings. The lowest BCUT2D eigenvalue weighted by atomic mass is 10.1. The minimum atomic E-state index is -0.396. The van der Waals surface area contributed by atoms with Crippen LogP contribution in [0.3, 0.4) is 0 Å². The van der Waals surface area contributed by atoms with Gasteiger partial charge in [0, 0.05) is 13.1 Å². The highest BCUT2D eigenvalue weighted by Crippen LogP contribution is 2.23. The van der Waals surface area contributed by atoms with Gasteiger partial charge in [0.05, 0.1) is 16.7 Å². The van der Waals surface area contributed by atoms with E-state index in [2.05, 4.69) is 0 Å². The largest absolute Gasteiger partial charge is 0.391 e. The van der Waals surface area contributed by atoms with E-state index in [1.165, 1.54) is 0 Å². The van der Waals surface area contributed by atoms with Crippen LogP contribution in [-0.4, -0.2) is 35.1 Å². The first-order valence-electron chi connectivity index (χ1n) is 5.32. The van der Waals surface area contributed by atoms with Gasteiger partial charge in [0.2, 0.25) is 0 Å². The fraction of sp³-hybridized carbons (Fsp3) is 0.417. The van der Waals surface area contributed by atoms with Crippen molar-refractivity contribution in [2.24, 2.45) is 0 Å². The summed E-state index contributed by atoms with van der Waals surface area (Å²) in [6.45, 7) is 2.88. The van der Waals surface area contributed by atoms with E-state index in [1.54, 1.807) is 11.0 Å². The van der Waals surface area contributed by atoms with E-state index < -0.39 is 6.10 Å². The van der Waals surface area contributed by atoms with Gasteiger partial charge in [0.15, 0.2) is 0 Å². The summed E-state index contributed by atoms with van der Waals surface area (Å²) in [6, 6.07) is 5.42. The Hall–Kier alpha value is -1.06. The molecule has 1 saturated heterocycles. The maximum absolute atomic E-state index is 12.1. The molecular formula is C12H14ClNO2. The highest BCUT2D eigenvalue weighted by molar-refractivity contribution is 6.34. The lowest BCUT2D eigenvalue weighted by molar-refractivity contribution is 0.0765. The maximum Gasteiger partial charge on any atom is 0.255 e. The molecular weight excluding hydrogens is 226 g/mol. The number of carbonyl (C=O) groups excluding carboxylic acids is 1. The van der Waals surface area contributed by atoms with E-state index in [0.717, 1.165) is 5.56 Å². The van der Waals surface area contributed by atoms with Gasteiger partial charge >= 0.3 is 0 Å². The second kappa shape index (κ2) is 4.44. The van der Waals surface area contributed by atoms with Gasteiger partial charge < -0.3 is 10.0 Å². The Morgan fingerprint density at radius 1 is 1.56 bits per heavy atom. The van der Waals surface area contributed by atoms with Crippen molar-refractivity contribution < 1.29 is 9.90 Å². The molecule has 0 aliphatic carbocycles. The summed E-state index contributed by atoms with van der Waals surface area (Å²) < 4.78 is 0. The number of benzene rings is 1. The molecule has 0 spiro atoms. The van der Waals surface area contributed by atoms with Crippen molar-refractivity contribution in [3.05, 3.63) is 34.3 Å². The summed E-state index contributed by atoms with van der Waals surface area (Å²) in [6.07, 6.45) is 0.252. The molecule has 1 fully saturated rings. The van der Waals surface area contributed by atoms with Crippen LogP contribution in [-0.2, 0) is 0 Å². The standard InChI is InChI=1S/C12H14ClNO2/c1-8-3-2-4-10(11(8)13)12(16)14-6-5-9(15)7-14/h2-4,9,15H,5-7H2,1H3/t9-/m0/s1. The minimum absolute atomic E-state index is 0.0924. The molecule has 16 heavy (non-hydrogen) atoms. The molecule has 1 amide bonds. The highest BCUT2D eigenvalue weighted by atomic mass is 35.5. The Morgan fingerprint density at radius 2 is 2.31 bits per heavy atom. The summed E-state index contributed by atoms with van der Waals surface area (Å²) in [7, 11) is 0. The van der Waals surface area contributed by atoms with E-state index in [1.807, 2.05) is 19.1 Å². The van der Waals surface area contributed by atoms with Crippen molar-refractivity contribution in [1.82, 2.24) is 4.90 Å². The first-order chi connectivity index (χ1) is 7.59. The number of aliphatic hydroxyl groups is 1. The van der Waals surface area contributed by atoms with Crippen molar-refractivity contribution in [1.29, 1.82) is 0 Å². The lowest BCUT2D eigenvalue weighted by Crippen LogP contribution is -2.29. The second-order valence-corrected chi connectivity index (χ2v) is 4.51. The number of aliphatic hydroxyl groups excluding tert-OH is 1. The molecule has 1 N–H and O–H groups in total. The fourth-order valence-corrected chi connectivity index (χ4v) is 2.12. The summed E-state index contributed by atoms with van der Waals surface area (Å²) in [5.41, 5.74) is 1.42. The number of amides is 1. The quantitative estimate of drug-likeness (QED) is 0.813. The molecule has 0 unspecified atom stereocenters. The molecule has 86 valence electrons. The smallest absolute Gasteiger partial charge is 0.255 e. The number of hydrogen-bond donors (Lipinski definition) is 1. The molecule has 0 aromatic heterocycles. The molecule has 1 aromatic carbocycles. The predicted molar refractivity (Wildman–Crippen MR) is 62.7 cm³/mol. The molecule has 1 heterocycles. The van der Waals surface area contributed by atoms with E-state index in [0.29, 0.717) is 30.1 Å². The van der Waals surface area contributed by atoms with Crippen LogP contribution in [0.1, 0.15) is 22.3 Å². The van der Waals surface area contributed by atoms with Crippen LogP contribution in [0.25, 0.3) is 0 Å². The molecule has 3 nitrogen and oxygen atoms in total. The third kappa shape index (κ3) is 2.06. The third-order valence-corrected chi connectivity index (χ3v) is 3.37. The summed E-state index contributed by atoms with van der Waals surface area (Å²) in [4.78, 5) is 13.7. The number of halogens is 1. The third-order valence-electron chi connectivity index (χ3n) is 2.87. The van der Waals surface area contributed by atoms with Crippen LogP contribution in [0, 0.1) is 6.92 Å². The Balaban J connectivity index is 2.24. The van der Waals surface area contributed by atoms with Crippen molar-refractivity contribution in [3.8, 4) is 0 Å². The summed E-state index contributed by atoms with van der Waals surface area (Å²) in [5, 5.41) is 9.90. The van der Waals surface area contributed by atoms with E-state index in [-0.39, 0.29) is 5.91 Å². The van der Waals surface area contributed by atoms with Crippen molar-refractivity contribution in [3.63, 3.8) is 0 Å². The highest BCUT2D eigenvalue weighted by Gasteiger charge is 2.26. The Kier molecular flexibility index (Phi) is 3.17. The molecule has 1 atom stereocenters. The van der Waals surface area contributed by atoms with Crippen LogP contribution < -0.4 is 0 Å². The van der Waals surface area contributed by atoms with Gasteiger partial charge in [-0.3, -0.25) is 4.79 Å². The van der Waals surface area contributed by atoms with Gasteiger partial charge in [-0.25, -0.2) is 0 Å². The van der Waals surface area contributed by atoms with Crippen LogP contribution >= 0.6 is 11.6 Å². The number of hydrogen-bond acceptors (Lipinski definition) is 2. The van der Waals surface area contributed by atoms with E-state index in [9.17, 15) is 9.90 Å². The summed E-state index contributed by atoms with van der Waals surface area (Å²) in [5.74, 6) is -0.0924. The van der Waals surface area contributed by atoms with Gasteiger partial charge in [0.1, 0.15) is 0 Å². The van der Waals surface area contributed by atoms with Crippen LogP contribution in [0.15, 0.2) is 18.2 Å². The molecule has 0 bridgehead atoms. The Labute approximate surface area is 99.6 Å². The molecule has 1 aliphatic rings. The monoisotopic (exact) mass is 239 g/mol. The van der Waals surface area contributed by atoms with Gasteiger partial charge in [-0.15, -0.1) is 0 Å². The zero-order valence-corrected chi connectivity index (χ0v) is 9.87. The zero-order chi connectivity index (χ0) is 11.7.